The second kappa shape index (κ2) is 8.99. The highest BCUT2D eigenvalue weighted by Crippen LogP contribution is 1.99. The van der Waals surface area contributed by atoms with Crippen LogP contribution in [0.15, 0.2) is 23.8 Å². The number of carbonyl (C=O) groups excluding carboxylic acids is 1. The average Bonchev–Trinajstić information content (AvgIpc) is 2.30. The fraction of sp³-hybridized carbons (Fsp3) is 0.643. The third-order valence-electron chi connectivity index (χ3n) is 2.68. The molecule has 0 heterocycles. The summed E-state index contributed by atoms with van der Waals surface area (Å²) >= 11 is 0. The van der Waals surface area contributed by atoms with E-state index in [1.807, 2.05) is 33.3 Å². The van der Waals surface area contributed by atoms with E-state index >= 15 is 0 Å². The van der Waals surface area contributed by atoms with Gasteiger partial charge < -0.3 is 9.80 Å². The SMILES string of the molecule is CC/C(C)=C/C=C\CC(=O)N(C)CCN(C)C. The highest BCUT2D eigenvalue weighted by molar-refractivity contribution is 5.77. The third-order valence-corrected chi connectivity index (χ3v) is 2.68. The maximum Gasteiger partial charge on any atom is 0.226 e. The molecule has 0 rings (SSSR count). The van der Waals surface area contributed by atoms with E-state index in [4.69, 9.17) is 0 Å². The van der Waals surface area contributed by atoms with Crippen molar-refractivity contribution in [2.24, 2.45) is 0 Å². The van der Waals surface area contributed by atoms with Gasteiger partial charge in [-0.25, -0.2) is 0 Å². The summed E-state index contributed by atoms with van der Waals surface area (Å²) in [6.45, 7) is 5.90. The minimum Gasteiger partial charge on any atom is -0.344 e. The molecule has 0 bridgehead atoms. The Bertz CT molecular complexity index is 280. The van der Waals surface area contributed by atoms with Crippen LogP contribution in [0.25, 0.3) is 0 Å². The second-order valence-electron chi connectivity index (χ2n) is 4.62. The molecule has 1 amide bonds. The van der Waals surface area contributed by atoms with E-state index in [0.717, 1.165) is 19.5 Å². The Balaban J connectivity index is 3.93. The molecule has 0 saturated carbocycles. The summed E-state index contributed by atoms with van der Waals surface area (Å²) in [6, 6.07) is 0. The Kier molecular flexibility index (Phi) is 8.42. The largest absolute Gasteiger partial charge is 0.344 e. The first-order chi connectivity index (χ1) is 7.97. The zero-order chi connectivity index (χ0) is 13.3. The number of nitrogens with zero attached hydrogens (tertiary/aromatic N) is 2. The van der Waals surface area contributed by atoms with Crippen LogP contribution < -0.4 is 0 Å². The zero-order valence-corrected chi connectivity index (χ0v) is 11.9. The van der Waals surface area contributed by atoms with Gasteiger partial charge in [-0.05, 0) is 27.4 Å². The maximum atomic E-state index is 11.7. The minimum atomic E-state index is 0.172. The van der Waals surface area contributed by atoms with Gasteiger partial charge in [-0.2, -0.15) is 0 Å². The van der Waals surface area contributed by atoms with Crippen molar-refractivity contribution in [3.05, 3.63) is 23.8 Å². The van der Waals surface area contributed by atoms with Crippen LogP contribution in [0, 0.1) is 0 Å². The van der Waals surface area contributed by atoms with Gasteiger partial charge in [0, 0.05) is 26.6 Å². The second-order valence-corrected chi connectivity index (χ2v) is 4.62. The lowest BCUT2D eigenvalue weighted by Crippen LogP contribution is -2.33. The molecular weight excluding hydrogens is 212 g/mol. The molecule has 0 N–H and O–H groups in total. The summed E-state index contributed by atoms with van der Waals surface area (Å²) in [5, 5.41) is 0. The highest BCUT2D eigenvalue weighted by Gasteiger charge is 2.05. The summed E-state index contributed by atoms with van der Waals surface area (Å²) in [7, 11) is 5.87. The first-order valence-corrected chi connectivity index (χ1v) is 6.18. The van der Waals surface area contributed by atoms with Crippen LogP contribution in [0.3, 0.4) is 0 Å². The molecule has 0 aliphatic carbocycles. The Morgan fingerprint density at radius 1 is 1.18 bits per heavy atom. The molecule has 0 unspecified atom stereocenters. The minimum absolute atomic E-state index is 0.172. The Hall–Kier alpha value is -1.09. The molecule has 0 aliphatic rings. The van der Waals surface area contributed by atoms with Gasteiger partial charge in [-0.3, -0.25) is 4.79 Å². The standard InChI is InChI=1S/C14H26N2O/c1-6-13(2)9-7-8-10-14(17)16(5)12-11-15(3)4/h7-9H,6,10-12H2,1-5H3/b8-7-,13-9+. The third kappa shape index (κ3) is 8.69. The van der Waals surface area contributed by atoms with E-state index < -0.39 is 0 Å². The quantitative estimate of drug-likeness (QED) is 0.635. The van der Waals surface area contributed by atoms with Crippen molar-refractivity contribution < 1.29 is 4.79 Å². The van der Waals surface area contributed by atoms with Crippen LogP contribution in [-0.2, 0) is 4.79 Å². The van der Waals surface area contributed by atoms with Gasteiger partial charge in [0.1, 0.15) is 0 Å². The molecule has 17 heavy (non-hydrogen) atoms. The summed E-state index contributed by atoms with van der Waals surface area (Å²) < 4.78 is 0. The molecule has 3 heteroatoms. The van der Waals surface area contributed by atoms with Gasteiger partial charge in [0.05, 0.1) is 0 Å². The maximum absolute atomic E-state index is 11.7. The van der Waals surface area contributed by atoms with Crippen molar-refractivity contribution in [1.82, 2.24) is 9.80 Å². The van der Waals surface area contributed by atoms with Crippen molar-refractivity contribution in [2.45, 2.75) is 26.7 Å². The molecule has 0 aliphatic heterocycles. The topological polar surface area (TPSA) is 23.6 Å². The Morgan fingerprint density at radius 2 is 1.82 bits per heavy atom. The first kappa shape index (κ1) is 15.9. The summed E-state index contributed by atoms with van der Waals surface area (Å²) in [6.07, 6.45) is 7.50. The average molecular weight is 238 g/mol. The van der Waals surface area contributed by atoms with Crippen LogP contribution in [-0.4, -0.2) is 49.9 Å². The van der Waals surface area contributed by atoms with E-state index in [1.165, 1.54) is 5.57 Å². The fourth-order valence-electron chi connectivity index (χ4n) is 1.15. The predicted molar refractivity (Wildman–Crippen MR) is 74.0 cm³/mol. The molecule has 3 nitrogen and oxygen atoms in total. The normalized spacial score (nSPS) is 12.5. The number of likely N-dealkylation sites (N-methyl/N-ethyl adjacent to an activating group) is 2. The van der Waals surface area contributed by atoms with Gasteiger partial charge in [0.25, 0.3) is 0 Å². The van der Waals surface area contributed by atoms with E-state index in [0.29, 0.717) is 6.42 Å². The molecule has 0 fully saturated rings. The van der Waals surface area contributed by atoms with Gasteiger partial charge in [0.15, 0.2) is 0 Å². The van der Waals surface area contributed by atoms with Crippen LogP contribution in [0.4, 0.5) is 0 Å². The molecule has 98 valence electrons. The van der Waals surface area contributed by atoms with E-state index in [2.05, 4.69) is 24.8 Å². The molecule has 0 atom stereocenters. The van der Waals surface area contributed by atoms with E-state index in [-0.39, 0.29) is 5.91 Å². The van der Waals surface area contributed by atoms with Gasteiger partial charge >= 0.3 is 0 Å². The molecule has 0 aromatic rings. The van der Waals surface area contributed by atoms with E-state index in [9.17, 15) is 4.79 Å². The number of hydrogen-bond donors (Lipinski definition) is 0. The molecule has 0 spiro atoms. The molecule has 0 aromatic carbocycles. The Labute approximate surface area is 106 Å². The lowest BCUT2D eigenvalue weighted by Gasteiger charge is -2.18. The van der Waals surface area contributed by atoms with Gasteiger partial charge in [-0.1, -0.05) is 30.7 Å². The Morgan fingerprint density at radius 3 is 2.35 bits per heavy atom. The van der Waals surface area contributed by atoms with Crippen molar-refractivity contribution in [2.75, 3.05) is 34.2 Å². The van der Waals surface area contributed by atoms with Gasteiger partial charge in [-0.15, -0.1) is 0 Å². The lowest BCUT2D eigenvalue weighted by molar-refractivity contribution is -0.129. The summed E-state index contributed by atoms with van der Waals surface area (Å²) in [5.41, 5.74) is 1.33. The van der Waals surface area contributed by atoms with Crippen LogP contribution >= 0.6 is 0 Å². The fourth-order valence-corrected chi connectivity index (χ4v) is 1.15. The monoisotopic (exact) mass is 238 g/mol. The van der Waals surface area contributed by atoms with Crippen molar-refractivity contribution in [3.8, 4) is 0 Å². The number of amides is 1. The highest BCUT2D eigenvalue weighted by atomic mass is 16.2. The van der Waals surface area contributed by atoms with Crippen molar-refractivity contribution >= 4 is 5.91 Å². The number of allylic oxidation sites excluding steroid dienone is 3. The van der Waals surface area contributed by atoms with Crippen LogP contribution in [0.5, 0.6) is 0 Å². The molecule has 0 saturated heterocycles. The van der Waals surface area contributed by atoms with Gasteiger partial charge in [0.2, 0.25) is 5.91 Å². The summed E-state index contributed by atoms with van der Waals surface area (Å²) in [4.78, 5) is 15.6. The van der Waals surface area contributed by atoms with E-state index in [1.54, 1.807) is 4.90 Å². The first-order valence-electron chi connectivity index (χ1n) is 6.18. The number of rotatable bonds is 7. The number of carbonyl (C=O) groups is 1. The van der Waals surface area contributed by atoms with Crippen molar-refractivity contribution in [3.63, 3.8) is 0 Å². The van der Waals surface area contributed by atoms with Crippen molar-refractivity contribution in [1.29, 1.82) is 0 Å². The van der Waals surface area contributed by atoms with Crippen LogP contribution in [0.2, 0.25) is 0 Å². The molecule has 0 aromatic heterocycles. The lowest BCUT2D eigenvalue weighted by atomic mass is 10.2. The number of hydrogen-bond acceptors (Lipinski definition) is 2. The summed E-state index contributed by atoms with van der Waals surface area (Å²) in [5.74, 6) is 0.172. The zero-order valence-electron chi connectivity index (χ0n) is 11.9. The molecule has 0 radical (unpaired) electrons. The molecular formula is C14H26N2O. The smallest absolute Gasteiger partial charge is 0.226 e. The predicted octanol–water partition coefficient (Wildman–Crippen LogP) is 2.31. The van der Waals surface area contributed by atoms with Crippen LogP contribution in [0.1, 0.15) is 26.7 Å².